The summed E-state index contributed by atoms with van der Waals surface area (Å²) in [5, 5.41) is 0. The number of carbonyl (C=O) groups excluding carboxylic acids is 1. The average Bonchev–Trinajstić information content (AvgIpc) is 2.27. The van der Waals surface area contributed by atoms with Gasteiger partial charge in [-0.25, -0.2) is 0 Å². The lowest BCUT2D eigenvalue weighted by Gasteiger charge is -2.00. The zero-order valence-electron chi connectivity index (χ0n) is 8.94. The molecule has 1 aromatic rings. The molecule has 0 aromatic heterocycles. The molecule has 0 aliphatic rings. The van der Waals surface area contributed by atoms with Crippen LogP contribution in [0.4, 0.5) is 0 Å². The number of Topliss-reactive ketones (excluding diaryl/α,β-unsaturated/α-hetero) is 1. The molecule has 0 fully saturated rings. The average molecular weight is 224 g/mol. The van der Waals surface area contributed by atoms with E-state index in [1.165, 1.54) is 0 Å². The third-order valence-electron chi connectivity index (χ3n) is 2.08. The Morgan fingerprint density at radius 2 is 1.87 bits per heavy atom. The van der Waals surface area contributed by atoms with E-state index < -0.39 is 10.8 Å². The molecule has 0 heterocycles. The number of hydrogen-bond acceptors (Lipinski definition) is 2. The molecular weight excluding hydrogens is 208 g/mol. The zero-order chi connectivity index (χ0) is 11.1. The standard InChI is InChI=1S/C12H16O2S/c1-2-9-15(14)10-8-12(13)11-6-4-3-5-7-11/h3-7H,2,8-10H2,1H3. The number of ketones is 1. The Bertz CT molecular complexity index is 333. The highest BCUT2D eigenvalue weighted by atomic mass is 32.2. The van der Waals surface area contributed by atoms with Gasteiger partial charge in [0.25, 0.3) is 0 Å². The molecule has 0 spiro atoms. The minimum Gasteiger partial charge on any atom is -0.294 e. The van der Waals surface area contributed by atoms with Gasteiger partial charge in [0.05, 0.1) is 0 Å². The molecular formula is C12H16O2S. The van der Waals surface area contributed by atoms with E-state index in [-0.39, 0.29) is 5.78 Å². The van der Waals surface area contributed by atoms with Crippen molar-refractivity contribution in [3.05, 3.63) is 35.9 Å². The van der Waals surface area contributed by atoms with Gasteiger partial charge in [0.2, 0.25) is 0 Å². The summed E-state index contributed by atoms with van der Waals surface area (Å²) in [6.07, 6.45) is 1.29. The monoisotopic (exact) mass is 224 g/mol. The van der Waals surface area contributed by atoms with Gasteiger partial charge in [-0.1, -0.05) is 37.3 Å². The molecule has 0 aliphatic carbocycles. The van der Waals surface area contributed by atoms with Gasteiger partial charge < -0.3 is 0 Å². The molecule has 15 heavy (non-hydrogen) atoms. The van der Waals surface area contributed by atoms with Gasteiger partial charge in [-0.15, -0.1) is 0 Å². The molecule has 0 saturated carbocycles. The highest BCUT2D eigenvalue weighted by Crippen LogP contribution is 2.03. The SMILES string of the molecule is CCCS(=O)CCC(=O)c1ccccc1. The molecule has 0 bridgehead atoms. The lowest BCUT2D eigenvalue weighted by molar-refractivity contribution is 0.0989. The largest absolute Gasteiger partial charge is 0.294 e. The van der Waals surface area contributed by atoms with E-state index in [1.54, 1.807) is 12.1 Å². The highest BCUT2D eigenvalue weighted by molar-refractivity contribution is 7.84. The quantitative estimate of drug-likeness (QED) is 0.695. The van der Waals surface area contributed by atoms with Crippen LogP contribution in [0, 0.1) is 0 Å². The number of rotatable bonds is 6. The van der Waals surface area contributed by atoms with Crippen LogP contribution in [0.25, 0.3) is 0 Å². The molecule has 1 atom stereocenters. The molecule has 0 amide bonds. The maximum absolute atomic E-state index is 11.6. The predicted octanol–water partition coefficient (Wildman–Crippen LogP) is 2.42. The van der Waals surface area contributed by atoms with Crippen LogP contribution < -0.4 is 0 Å². The van der Waals surface area contributed by atoms with Gasteiger partial charge >= 0.3 is 0 Å². The van der Waals surface area contributed by atoms with E-state index in [0.29, 0.717) is 23.5 Å². The van der Waals surface area contributed by atoms with Crippen molar-refractivity contribution < 1.29 is 9.00 Å². The summed E-state index contributed by atoms with van der Waals surface area (Å²) < 4.78 is 11.3. The minimum absolute atomic E-state index is 0.0834. The van der Waals surface area contributed by atoms with Crippen LogP contribution in [0.15, 0.2) is 30.3 Å². The van der Waals surface area contributed by atoms with E-state index in [9.17, 15) is 9.00 Å². The first kappa shape index (κ1) is 12.1. The predicted molar refractivity (Wildman–Crippen MR) is 63.6 cm³/mol. The fourth-order valence-electron chi connectivity index (χ4n) is 1.30. The van der Waals surface area contributed by atoms with Crippen molar-refractivity contribution in [1.29, 1.82) is 0 Å². The summed E-state index contributed by atoms with van der Waals surface area (Å²) in [5.41, 5.74) is 0.714. The summed E-state index contributed by atoms with van der Waals surface area (Å²) >= 11 is 0. The highest BCUT2D eigenvalue weighted by Gasteiger charge is 2.06. The summed E-state index contributed by atoms with van der Waals surface area (Å²) in [6.45, 7) is 2.00. The number of hydrogen-bond donors (Lipinski definition) is 0. The maximum Gasteiger partial charge on any atom is 0.163 e. The molecule has 1 rings (SSSR count). The Balaban J connectivity index is 2.40. The van der Waals surface area contributed by atoms with Crippen molar-refractivity contribution in [2.45, 2.75) is 19.8 Å². The van der Waals surface area contributed by atoms with E-state index in [2.05, 4.69) is 0 Å². The van der Waals surface area contributed by atoms with Gasteiger partial charge in [0, 0.05) is 34.3 Å². The van der Waals surface area contributed by atoms with E-state index in [1.807, 2.05) is 25.1 Å². The molecule has 1 aromatic carbocycles. The summed E-state index contributed by atoms with van der Waals surface area (Å²) in [6, 6.07) is 9.16. The minimum atomic E-state index is -0.835. The third-order valence-corrected chi connectivity index (χ3v) is 3.61. The lowest BCUT2D eigenvalue weighted by atomic mass is 10.1. The van der Waals surface area contributed by atoms with Crippen LogP contribution >= 0.6 is 0 Å². The Morgan fingerprint density at radius 3 is 2.47 bits per heavy atom. The van der Waals surface area contributed by atoms with Crippen molar-refractivity contribution in [3.8, 4) is 0 Å². The van der Waals surface area contributed by atoms with Crippen LogP contribution in [-0.2, 0) is 10.8 Å². The first-order valence-electron chi connectivity index (χ1n) is 5.17. The summed E-state index contributed by atoms with van der Waals surface area (Å²) in [7, 11) is -0.835. The van der Waals surface area contributed by atoms with Gasteiger partial charge in [-0.05, 0) is 6.42 Å². The van der Waals surface area contributed by atoms with Crippen molar-refractivity contribution in [3.63, 3.8) is 0 Å². The third kappa shape index (κ3) is 4.38. The summed E-state index contributed by atoms with van der Waals surface area (Å²) in [4.78, 5) is 11.6. The van der Waals surface area contributed by atoms with Crippen molar-refractivity contribution in [2.75, 3.05) is 11.5 Å². The van der Waals surface area contributed by atoms with Crippen LogP contribution in [-0.4, -0.2) is 21.5 Å². The number of benzene rings is 1. The van der Waals surface area contributed by atoms with Gasteiger partial charge in [-0.3, -0.25) is 9.00 Å². The first-order chi connectivity index (χ1) is 7.24. The van der Waals surface area contributed by atoms with Crippen molar-refractivity contribution in [1.82, 2.24) is 0 Å². The molecule has 1 unspecified atom stereocenters. The van der Waals surface area contributed by atoms with E-state index in [4.69, 9.17) is 0 Å². The maximum atomic E-state index is 11.6. The Labute approximate surface area is 93.2 Å². The van der Waals surface area contributed by atoms with Gasteiger partial charge in [0.1, 0.15) is 0 Å². The molecule has 0 radical (unpaired) electrons. The smallest absolute Gasteiger partial charge is 0.163 e. The van der Waals surface area contributed by atoms with Gasteiger partial charge in [-0.2, -0.15) is 0 Å². The normalized spacial score (nSPS) is 12.3. The molecule has 0 saturated heterocycles. The second-order valence-corrected chi connectivity index (χ2v) is 5.08. The zero-order valence-corrected chi connectivity index (χ0v) is 9.76. The van der Waals surface area contributed by atoms with Crippen molar-refractivity contribution >= 4 is 16.6 Å². The second-order valence-electron chi connectivity index (χ2n) is 3.39. The summed E-state index contributed by atoms with van der Waals surface area (Å²) in [5.74, 6) is 1.27. The van der Waals surface area contributed by atoms with E-state index >= 15 is 0 Å². The van der Waals surface area contributed by atoms with E-state index in [0.717, 1.165) is 6.42 Å². The fourth-order valence-corrected chi connectivity index (χ4v) is 2.38. The first-order valence-corrected chi connectivity index (χ1v) is 6.66. The second kappa shape index (κ2) is 6.51. The topological polar surface area (TPSA) is 34.1 Å². The molecule has 82 valence electrons. The van der Waals surface area contributed by atoms with Crippen LogP contribution in [0.3, 0.4) is 0 Å². The number of carbonyl (C=O) groups is 1. The van der Waals surface area contributed by atoms with Gasteiger partial charge in [0.15, 0.2) is 5.78 Å². The van der Waals surface area contributed by atoms with Crippen LogP contribution in [0.1, 0.15) is 30.1 Å². The van der Waals surface area contributed by atoms with Crippen molar-refractivity contribution in [2.24, 2.45) is 0 Å². The van der Waals surface area contributed by atoms with Crippen LogP contribution in [0.5, 0.6) is 0 Å². The Morgan fingerprint density at radius 1 is 1.20 bits per heavy atom. The fraction of sp³-hybridized carbons (Fsp3) is 0.417. The molecule has 0 N–H and O–H groups in total. The Kier molecular flexibility index (Phi) is 5.26. The Hall–Kier alpha value is -0.960. The molecule has 0 aliphatic heterocycles. The van der Waals surface area contributed by atoms with Crippen LogP contribution in [0.2, 0.25) is 0 Å². The molecule has 2 nitrogen and oxygen atoms in total. The lowest BCUT2D eigenvalue weighted by Crippen LogP contribution is -2.08. The molecule has 3 heteroatoms.